The van der Waals surface area contributed by atoms with Crippen LogP contribution in [0.4, 0.5) is 0 Å². The fourth-order valence-corrected chi connectivity index (χ4v) is 4.86. The van der Waals surface area contributed by atoms with Crippen LogP contribution in [0.15, 0.2) is 27.5 Å². The lowest BCUT2D eigenvalue weighted by Gasteiger charge is -2.17. The van der Waals surface area contributed by atoms with E-state index in [9.17, 15) is 4.79 Å². The Hall–Kier alpha value is -2.50. The van der Waals surface area contributed by atoms with Crippen molar-refractivity contribution in [1.82, 2.24) is 19.7 Å². The van der Waals surface area contributed by atoms with Crippen molar-refractivity contribution in [2.24, 2.45) is 0 Å². The molecule has 2 fully saturated rings. The zero-order chi connectivity index (χ0) is 19.1. The zero-order valence-electron chi connectivity index (χ0n) is 16.4. The summed E-state index contributed by atoms with van der Waals surface area (Å²) in [7, 11) is 0. The van der Waals surface area contributed by atoms with Gasteiger partial charge in [0.05, 0.1) is 11.0 Å². The maximum absolute atomic E-state index is 12.8. The lowest BCUT2D eigenvalue weighted by molar-refractivity contribution is 0.314. The Morgan fingerprint density at radius 3 is 2.54 bits per heavy atom. The second-order valence-corrected chi connectivity index (χ2v) is 8.31. The summed E-state index contributed by atoms with van der Waals surface area (Å²) in [5.74, 6) is 1.76. The van der Waals surface area contributed by atoms with Crippen LogP contribution in [0.3, 0.4) is 0 Å². The molecule has 0 unspecified atom stereocenters. The SMILES string of the molecule is Cc1nc2cc(-c3noc(C4CCCCC4)n3)ccc2n(C2CCCC2)c1=O. The Labute approximate surface area is 164 Å². The van der Waals surface area contributed by atoms with Crippen molar-refractivity contribution in [1.29, 1.82) is 0 Å². The molecule has 2 heterocycles. The molecular formula is C22H26N4O2. The van der Waals surface area contributed by atoms with Crippen LogP contribution in [0.25, 0.3) is 22.4 Å². The van der Waals surface area contributed by atoms with Crippen molar-refractivity contribution in [3.05, 3.63) is 40.1 Å². The van der Waals surface area contributed by atoms with Gasteiger partial charge in [-0.15, -0.1) is 0 Å². The summed E-state index contributed by atoms with van der Waals surface area (Å²) < 4.78 is 7.54. The lowest BCUT2D eigenvalue weighted by Crippen LogP contribution is -2.26. The Kier molecular flexibility index (Phi) is 4.49. The van der Waals surface area contributed by atoms with Gasteiger partial charge in [-0.3, -0.25) is 4.79 Å². The first kappa shape index (κ1) is 17.6. The van der Waals surface area contributed by atoms with E-state index in [1.54, 1.807) is 6.92 Å². The minimum atomic E-state index is 0.0336. The summed E-state index contributed by atoms with van der Waals surface area (Å²) in [4.78, 5) is 22.0. The van der Waals surface area contributed by atoms with Gasteiger partial charge in [-0.25, -0.2) is 4.98 Å². The van der Waals surface area contributed by atoms with Crippen LogP contribution in [0.2, 0.25) is 0 Å². The standard InChI is InChI=1S/C22H26N4O2/c1-14-22(27)26(17-9-5-6-10-17)19-12-11-16(13-18(19)23-14)20-24-21(28-25-20)15-7-3-2-4-8-15/h11-13,15,17H,2-10H2,1H3. The van der Waals surface area contributed by atoms with E-state index >= 15 is 0 Å². The third-order valence-electron chi connectivity index (χ3n) is 6.40. The fourth-order valence-electron chi connectivity index (χ4n) is 4.86. The second-order valence-electron chi connectivity index (χ2n) is 8.31. The van der Waals surface area contributed by atoms with Crippen molar-refractivity contribution in [3.8, 4) is 11.4 Å². The highest BCUT2D eigenvalue weighted by atomic mass is 16.5. The highest BCUT2D eigenvalue weighted by molar-refractivity contribution is 5.80. The molecule has 28 heavy (non-hydrogen) atoms. The van der Waals surface area contributed by atoms with E-state index in [0.29, 0.717) is 17.4 Å². The smallest absolute Gasteiger partial charge is 0.272 e. The third-order valence-corrected chi connectivity index (χ3v) is 6.40. The number of nitrogens with zero attached hydrogens (tertiary/aromatic N) is 4. The number of hydrogen-bond donors (Lipinski definition) is 0. The molecule has 0 spiro atoms. The molecule has 6 heteroatoms. The van der Waals surface area contributed by atoms with E-state index < -0.39 is 0 Å². The van der Waals surface area contributed by atoms with Gasteiger partial charge >= 0.3 is 0 Å². The van der Waals surface area contributed by atoms with Gasteiger partial charge in [0.15, 0.2) is 0 Å². The van der Waals surface area contributed by atoms with E-state index in [1.165, 1.54) is 32.1 Å². The fraction of sp³-hybridized carbons (Fsp3) is 0.545. The van der Waals surface area contributed by atoms with E-state index in [-0.39, 0.29) is 11.6 Å². The third kappa shape index (κ3) is 3.05. The summed E-state index contributed by atoms with van der Waals surface area (Å²) in [6, 6.07) is 6.25. The van der Waals surface area contributed by atoms with Gasteiger partial charge < -0.3 is 9.09 Å². The number of fused-ring (bicyclic) bond motifs is 1. The van der Waals surface area contributed by atoms with Gasteiger partial charge in [-0.05, 0) is 50.8 Å². The Bertz CT molecular complexity index is 1060. The molecule has 0 atom stereocenters. The number of hydrogen-bond acceptors (Lipinski definition) is 5. The van der Waals surface area contributed by atoms with Crippen LogP contribution in [0.1, 0.15) is 81.3 Å². The first-order chi connectivity index (χ1) is 13.7. The molecule has 2 aliphatic rings. The van der Waals surface area contributed by atoms with Crippen LogP contribution >= 0.6 is 0 Å². The average Bonchev–Trinajstić information content (AvgIpc) is 3.42. The Balaban J connectivity index is 1.54. The van der Waals surface area contributed by atoms with Gasteiger partial charge in [0.2, 0.25) is 11.7 Å². The van der Waals surface area contributed by atoms with E-state index in [0.717, 1.165) is 48.2 Å². The van der Waals surface area contributed by atoms with Gasteiger partial charge in [-0.1, -0.05) is 37.3 Å². The van der Waals surface area contributed by atoms with Crippen molar-refractivity contribution >= 4 is 11.0 Å². The zero-order valence-corrected chi connectivity index (χ0v) is 16.4. The lowest BCUT2D eigenvalue weighted by atomic mass is 9.89. The van der Waals surface area contributed by atoms with Gasteiger partial charge in [0.1, 0.15) is 5.69 Å². The molecule has 0 saturated heterocycles. The van der Waals surface area contributed by atoms with E-state index in [2.05, 4.69) is 15.1 Å². The molecular weight excluding hydrogens is 352 g/mol. The van der Waals surface area contributed by atoms with Crippen molar-refractivity contribution < 1.29 is 4.52 Å². The Morgan fingerprint density at radius 2 is 1.75 bits per heavy atom. The van der Waals surface area contributed by atoms with Crippen LogP contribution in [-0.2, 0) is 0 Å². The summed E-state index contributed by atoms with van der Waals surface area (Å²) in [6.07, 6.45) is 10.5. The number of aromatic nitrogens is 4. The molecule has 1 aromatic carbocycles. The molecule has 0 aliphatic heterocycles. The first-order valence-corrected chi connectivity index (χ1v) is 10.6. The molecule has 0 N–H and O–H groups in total. The maximum Gasteiger partial charge on any atom is 0.272 e. The van der Waals surface area contributed by atoms with Gasteiger partial charge in [-0.2, -0.15) is 4.98 Å². The van der Waals surface area contributed by atoms with Gasteiger partial charge in [0, 0.05) is 17.5 Å². The normalized spacial score (nSPS) is 18.9. The summed E-state index contributed by atoms with van der Waals surface area (Å²) in [5, 5.41) is 4.23. The monoisotopic (exact) mass is 378 g/mol. The van der Waals surface area contributed by atoms with Crippen LogP contribution in [0.5, 0.6) is 0 Å². The minimum Gasteiger partial charge on any atom is -0.339 e. The highest BCUT2D eigenvalue weighted by Crippen LogP contribution is 2.34. The van der Waals surface area contributed by atoms with Crippen LogP contribution < -0.4 is 5.56 Å². The number of rotatable bonds is 3. The predicted molar refractivity (Wildman–Crippen MR) is 107 cm³/mol. The molecule has 2 saturated carbocycles. The molecule has 0 radical (unpaired) electrons. The highest BCUT2D eigenvalue weighted by Gasteiger charge is 2.23. The molecule has 0 bridgehead atoms. The minimum absolute atomic E-state index is 0.0336. The molecule has 2 aromatic heterocycles. The molecule has 0 amide bonds. The predicted octanol–water partition coefficient (Wildman–Crippen LogP) is 4.92. The quantitative estimate of drug-likeness (QED) is 0.647. The largest absolute Gasteiger partial charge is 0.339 e. The van der Waals surface area contributed by atoms with Crippen LogP contribution in [-0.4, -0.2) is 19.7 Å². The number of benzene rings is 1. The van der Waals surface area contributed by atoms with Gasteiger partial charge in [0.25, 0.3) is 5.56 Å². The summed E-state index contributed by atoms with van der Waals surface area (Å²) in [5.41, 5.74) is 3.20. The molecule has 2 aliphatic carbocycles. The average molecular weight is 378 g/mol. The van der Waals surface area contributed by atoms with Crippen molar-refractivity contribution in [2.75, 3.05) is 0 Å². The van der Waals surface area contributed by atoms with Crippen LogP contribution in [0, 0.1) is 6.92 Å². The van der Waals surface area contributed by atoms with Crippen molar-refractivity contribution in [3.63, 3.8) is 0 Å². The second kappa shape index (κ2) is 7.15. The molecule has 6 nitrogen and oxygen atoms in total. The maximum atomic E-state index is 12.8. The molecule has 3 aromatic rings. The summed E-state index contributed by atoms with van der Waals surface area (Å²) >= 11 is 0. The summed E-state index contributed by atoms with van der Waals surface area (Å²) in [6.45, 7) is 1.80. The molecule has 5 rings (SSSR count). The Morgan fingerprint density at radius 1 is 1.00 bits per heavy atom. The van der Waals surface area contributed by atoms with Crippen molar-refractivity contribution in [2.45, 2.75) is 76.7 Å². The topological polar surface area (TPSA) is 73.8 Å². The first-order valence-electron chi connectivity index (χ1n) is 10.6. The van der Waals surface area contributed by atoms with E-state index in [4.69, 9.17) is 4.52 Å². The molecule has 146 valence electrons. The van der Waals surface area contributed by atoms with E-state index in [1.807, 2.05) is 22.8 Å². The number of aryl methyl sites for hydroxylation is 1.